The van der Waals surface area contributed by atoms with E-state index < -0.39 is 86.0 Å². The van der Waals surface area contributed by atoms with Crippen molar-refractivity contribution in [2.24, 2.45) is 0 Å². The molecule has 0 saturated carbocycles. The predicted octanol–water partition coefficient (Wildman–Crippen LogP) is 6.76. The molecule has 1 fully saturated rings. The first-order valence-electron chi connectivity index (χ1n) is 13.2. The molecule has 4 amide bonds. The van der Waals surface area contributed by atoms with Crippen LogP contribution in [0.5, 0.6) is 0 Å². The van der Waals surface area contributed by atoms with Crippen LogP contribution in [0.4, 0.5) is 37.7 Å². The Balaban J connectivity index is 1.76. The summed E-state index contributed by atoms with van der Waals surface area (Å²) in [5.74, 6) is -9.70. The second-order valence-electron chi connectivity index (χ2n) is 10.0. The minimum Gasteiger partial charge on any atom is -0.478 e. The fourth-order valence-corrected chi connectivity index (χ4v) is 5.33. The van der Waals surface area contributed by atoms with Gasteiger partial charge in [-0.15, -0.1) is 5.06 Å². The maximum Gasteiger partial charge on any atom is 0.471 e. The molecule has 4 aromatic rings. The number of aromatic carboxylic acids is 1. The Labute approximate surface area is 277 Å². The number of nitrogens with zero attached hydrogens (tertiary/aromatic N) is 1. The number of carboxylic acid groups (broad SMARTS) is 1. The van der Waals surface area contributed by atoms with E-state index in [-0.39, 0.29) is 45.4 Å². The Morgan fingerprint density at radius 3 is 1.67 bits per heavy atom. The van der Waals surface area contributed by atoms with Crippen molar-refractivity contribution >= 4 is 92.1 Å². The number of fused-ring (bicyclic) bond motifs is 2. The van der Waals surface area contributed by atoms with Crippen molar-refractivity contribution in [2.75, 3.05) is 10.6 Å². The lowest BCUT2D eigenvalue weighted by Gasteiger charge is -2.17. The molecule has 0 bridgehead atoms. The third-order valence-electron chi connectivity index (χ3n) is 6.83. The van der Waals surface area contributed by atoms with Crippen LogP contribution < -0.4 is 10.6 Å². The Morgan fingerprint density at radius 1 is 0.776 bits per heavy atom. The number of alkyl halides is 6. The molecule has 1 aromatic heterocycles. The largest absolute Gasteiger partial charge is 0.478 e. The van der Waals surface area contributed by atoms with E-state index in [0.717, 1.165) is 42.5 Å². The van der Waals surface area contributed by atoms with Crippen molar-refractivity contribution < 1.29 is 69.5 Å². The van der Waals surface area contributed by atoms with Crippen LogP contribution >= 0.6 is 23.2 Å². The second kappa shape index (κ2) is 12.5. The number of hydrogen-bond acceptors (Lipinski definition) is 7. The molecule has 20 heteroatoms. The Morgan fingerprint density at radius 2 is 1.24 bits per heavy atom. The molecule has 49 heavy (non-hydrogen) atoms. The van der Waals surface area contributed by atoms with E-state index in [0.29, 0.717) is 0 Å². The predicted molar refractivity (Wildman–Crippen MR) is 156 cm³/mol. The maximum atomic E-state index is 13.0. The third kappa shape index (κ3) is 6.77. The lowest BCUT2D eigenvalue weighted by Crippen LogP contribution is -2.32. The van der Waals surface area contributed by atoms with E-state index in [4.69, 9.17) is 32.5 Å². The van der Waals surface area contributed by atoms with Crippen LogP contribution in [0, 0.1) is 0 Å². The Kier molecular flexibility index (Phi) is 8.90. The van der Waals surface area contributed by atoms with Gasteiger partial charge in [0.25, 0.3) is 11.8 Å². The summed E-state index contributed by atoms with van der Waals surface area (Å²) in [6.07, 6.45) is -11.1. The maximum absolute atomic E-state index is 13.0. The number of rotatable bonds is 6. The molecule has 1 aliphatic heterocycles. The number of carbonyl (C=O) groups excluding carboxylic acids is 5. The van der Waals surface area contributed by atoms with Crippen molar-refractivity contribution in [1.82, 2.24) is 5.06 Å². The summed E-state index contributed by atoms with van der Waals surface area (Å²) < 4.78 is 83.2. The molecule has 0 atom stereocenters. The van der Waals surface area contributed by atoms with Gasteiger partial charge in [-0.05, 0) is 30.3 Å². The fraction of sp³-hybridized carbons (Fsp3) is 0.138. The first-order valence-corrected chi connectivity index (χ1v) is 14.0. The van der Waals surface area contributed by atoms with Gasteiger partial charge >= 0.3 is 47.3 Å². The molecule has 0 radical (unpaired) electrons. The zero-order valence-corrected chi connectivity index (χ0v) is 25.2. The summed E-state index contributed by atoms with van der Waals surface area (Å²) in [5, 5.41) is 12.1. The molecule has 0 unspecified atom stereocenters. The first kappa shape index (κ1) is 34.8. The summed E-state index contributed by atoms with van der Waals surface area (Å²) in [6.45, 7) is 0. The molecule has 2 heterocycles. The highest BCUT2D eigenvalue weighted by molar-refractivity contribution is 6.41. The van der Waals surface area contributed by atoms with Crippen LogP contribution in [-0.4, -0.2) is 58.1 Å². The fourth-order valence-electron chi connectivity index (χ4n) is 4.73. The summed E-state index contributed by atoms with van der Waals surface area (Å²) in [4.78, 5) is 77.4. The SMILES string of the molecule is O=C(ON1C(=O)CCC1=O)c1cc(Cl)c(-c2c3ccc(NC(=O)C(F)(F)F)cc3[o+]c3cc(NC(=O)C(F)(F)F)ccc23)c(C(=O)O)c1Cl. The van der Waals surface area contributed by atoms with E-state index in [9.17, 15) is 60.2 Å². The van der Waals surface area contributed by atoms with Gasteiger partial charge < -0.3 is 20.6 Å². The van der Waals surface area contributed by atoms with E-state index >= 15 is 0 Å². The molecule has 1 saturated heterocycles. The average molecular weight is 733 g/mol. The molecular formula is C29H14Cl2F6N3O9+. The van der Waals surface area contributed by atoms with Crippen LogP contribution in [-0.2, 0) is 24.0 Å². The first-order chi connectivity index (χ1) is 22.8. The molecule has 1 aliphatic rings. The number of carboxylic acids is 1. The quantitative estimate of drug-likeness (QED) is 0.0839. The Hall–Kier alpha value is -5.49. The van der Waals surface area contributed by atoms with Gasteiger partial charge in [-0.3, -0.25) is 19.2 Å². The minimum atomic E-state index is -5.30. The molecule has 0 aliphatic carbocycles. The van der Waals surface area contributed by atoms with Crippen LogP contribution in [0.25, 0.3) is 33.1 Å². The number of amides is 4. The summed E-state index contributed by atoms with van der Waals surface area (Å²) in [6, 6.07) is 6.78. The highest BCUT2D eigenvalue weighted by Gasteiger charge is 2.40. The van der Waals surface area contributed by atoms with Crippen molar-refractivity contribution in [3.63, 3.8) is 0 Å². The standard InChI is InChI=1S/C29H13Cl2F6N3O9/c30-15-9-14(25(45)49-40-18(41)5-6-19(40)42)23(31)22(24(43)44)21(15)20-12-3-1-10(38-26(46)28(32,33)34)7-16(12)48-17-8-11(2-4-13(17)20)39-27(47)29(35,36)37/h1-4,7-9H,5-6H2,(H2-,38,39,43,44,46,47)/p+1. The zero-order valence-electron chi connectivity index (χ0n) is 23.6. The molecule has 3 N–H and O–H groups in total. The molecular weight excluding hydrogens is 719 g/mol. The molecule has 5 rings (SSSR count). The number of anilines is 2. The molecule has 12 nitrogen and oxygen atoms in total. The van der Waals surface area contributed by atoms with Gasteiger partial charge in [0.05, 0.1) is 55.5 Å². The van der Waals surface area contributed by atoms with Gasteiger partial charge in [0.15, 0.2) is 0 Å². The van der Waals surface area contributed by atoms with Crippen LogP contribution in [0.2, 0.25) is 10.0 Å². The monoisotopic (exact) mass is 732 g/mol. The number of halogens is 8. The van der Waals surface area contributed by atoms with Crippen molar-refractivity contribution in [3.8, 4) is 11.1 Å². The Bertz CT molecular complexity index is 2050. The van der Waals surface area contributed by atoms with E-state index in [1.54, 1.807) is 10.6 Å². The number of hydrogen-bond donors (Lipinski definition) is 3. The number of imide groups is 1. The van der Waals surface area contributed by atoms with E-state index in [1.165, 1.54) is 0 Å². The smallest absolute Gasteiger partial charge is 0.471 e. The molecule has 254 valence electrons. The number of benzene rings is 3. The van der Waals surface area contributed by atoms with Crippen LogP contribution in [0.15, 0.2) is 46.9 Å². The van der Waals surface area contributed by atoms with Gasteiger partial charge in [0.1, 0.15) is 0 Å². The normalized spacial score (nSPS) is 13.6. The lowest BCUT2D eigenvalue weighted by molar-refractivity contribution is -0.172. The zero-order chi connectivity index (χ0) is 36.2. The van der Waals surface area contributed by atoms with Gasteiger partial charge in [-0.25, -0.2) is 14.0 Å². The molecule has 3 aromatic carbocycles. The van der Waals surface area contributed by atoms with Gasteiger partial charge in [-0.2, -0.15) is 26.3 Å². The number of nitrogens with one attached hydrogen (secondary N) is 2. The minimum absolute atomic E-state index is 0.0892. The number of carbonyl (C=O) groups is 6. The average Bonchev–Trinajstić information content (AvgIpc) is 3.31. The van der Waals surface area contributed by atoms with Crippen LogP contribution in [0.1, 0.15) is 33.6 Å². The lowest BCUT2D eigenvalue weighted by atomic mass is 9.91. The van der Waals surface area contributed by atoms with Crippen molar-refractivity contribution in [1.29, 1.82) is 0 Å². The highest BCUT2D eigenvalue weighted by Crippen LogP contribution is 2.46. The summed E-state index contributed by atoms with van der Waals surface area (Å²) in [5.41, 5.74) is -3.89. The third-order valence-corrected chi connectivity index (χ3v) is 7.52. The van der Waals surface area contributed by atoms with Gasteiger partial charge in [0, 0.05) is 24.0 Å². The second-order valence-corrected chi connectivity index (χ2v) is 10.8. The summed E-state index contributed by atoms with van der Waals surface area (Å²) in [7, 11) is 0. The van der Waals surface area contributed by atoms with E-state index in [2.05, 4.69) is 0 Å². The van der Waals surface area contributed by atoms with E-state index in [1.807, 2.05) is 0 Å². The number of hydroxylamine groups is 2. The summed E-state index contributed by atoms with van der Waals surface area (Å²) >= 11 is 12.9. The van der Waals surface area contributed by atoms with Gasteiger partial charge in [-0.1, -0.05) is 23.2 Å². The molecule has 0 spiro atoms. The van der Waals surface area contributed by atoms with Crippen LogP contribution in [0.3, 0.4) is 0 Å². The van der Waals surface area contributed by atoms with Crippen molar-refractivity contribution in [3.05, 3.63) is 63.6 Å². The van der Waals surface area contributed by atoms with Crippen molar-refractivity contribution in [2.45, 2.75) is 25.2 Å². The topological polar surface area (TPSA) is 170 Å². The highest BCUT2D eigenvalue weighted by atomic mass is 35.5. The van der Waals surface area contributed by atoms with Gasteiger partial charge in [0.2, 0.25) is 0 Å².